The van der Waals surface area contributed by atoms with Gasteiger partial charge in [-0.1, -0.05) is 42.5 Å². The molecule has 0 fully saturated rings. The fourth-order valence-corrected chi connectivity index (χ4v) is 3.81. The monoisotopic (exact) mass is 395 g/mol. The van der Waals surface area contributed by atoms with Crippen molar-refractivity contribution in [2.24, 2.45) is 12.0 Å². The van der Waals surface area contributed by atoms with Crippen LogP contribution < -0.4 is 5.73 Å². The molecular formula is C24H21N5O. The zero-order chi connectivity index (χ0) is 20.7. The maximum atomic E-state index is 10.7. The van der Waals surface area contributed by atoms with Crippen molar-refractivity contribution in [3.8, 4) is 11.1 Å². The van der Waals surface area contributed by atoms with Crippen LogP contribution in [0.3, 0.4) is 0 Å². The molecule has 6 heteroatoms. The second kappa shape index (κ2) is 7.24. The Labute approximate surface area is 174 Å². The summed E-state index contributed by atoms with van der Waals surface area (Å²) in [7, 11) is 1.88. The van der Waals surface area contributed by atoms with E-state index in [1.807, 2.05) is 67.8 Å². The summed E-state index contributed by atoms with van der Waals surface area (Å²) in [5.74, 6) is 0.457. The number of hydrogen-bond acceptors (Lipinski definition) is 5. The van der Waals surface area contributed by atoms with Crippen molar-refractivity contribution in [2.75, 3.05) is 5.73 Å². The van der Waals surface area contributed by atoms with Crippen molar-refractivity contribution in [3.63, 3.8) is 0 Å². The Morgan fingerprint density at radius 2 is 1.83 bits per heavy atom. The Hall–Kier alpha value is -3.77. The van der Waals surface area contributed by atoms with Gasteiger partial charge in [0.25, 0.3) is 0 Å². The van der Waals surface area contributed by atoms with Gasteiger partial charge in [-0.3, -0.25) is 9.67 Å². The molecule has 2 aromatic carbocycles. The molecule has 3 heterocycles. The average Bonchev–Trinajstić information content (AvgIpc) is 3.39. The fourth-order valence-electron chi connectivity index (χ4n) is 3.81. The van der Waals surface area contributed by atoms with Gasteiger partial charge in [-0.05, 0) is 28.8 Å². The lowest BCUT2D eigenvalue weighted by Gasteiger charge is -2.12. The number of nitrogens with zero attached hydrogens (tertiary/aromatic N) is 4. The van der Waals surface area contributed by atoms with E-state index in [4.69, 9.17) is 10.7 Å². The first kappa shape index (κ1) is 18.3. The number of aryl methyl sites for hydroxylation is 1. The lowest BCUT2D eigenvalue weighted by Crippen LogP contribution is -2.07. The van der Waals surface area contributed by atoms with Crippen LogP contribution >= 0.6 is 0 Å². The zero-order valence-electron chi connectivity index (χ0n) is 16.5. The topological polar surface area (TPSA) is 89.3 Å². The van der Waals surface area contributed by atoms with Crippen LogP contribution in [-0.4, -0.2) is 25.6 Å². The molecule has 0 bridgehead atoms. The quantitative estimate of drug-likeness (QED) is 0.550. The van der Waals surface area contributed by atoms with Gasteiger partial charge in [0, 0.05) is 42.6 Å². The van der Waals surface area contributed by atoms with Gasteiger partial charge in [-0.2, -0.15) is 5.10 Å². The molecule has 1 aliphatic heterocycles. The smallest absolute Gasteiger partial charge is 0.132 e. The van der Waals surface area contributed by atoms with Crippen LogP contribution in [0.15, 0.2) is 78.2 Å². The predicted molar refractivity (Wildman–Crippen MR) is 118 cm³/mol. The molecular weight excluding hydrogens is 374 g/mol. The lowest BCUT2D eigenvalue weighted by molar-refractivity contribution is 0.220. The average molecular weight is 395 g/mol. The number of rotatable bonds is 4. The Morgan fingerprint density at radius 1 is 1.00 bits per heavy atom. The number of anilines is 1. The second-order valence-electron chi connectivity index (χ2n) is 7.50. The molecule has 0 amide bonds. The molecule has 1 aliphatic rings. The van der Waals surface area contributed by atoms with Crippen LogP contribution in [0, 0.1) is 0 Å². The van der Waals surface area contributed by atoms with Crippen LogP contribution in [0.5, 0.6) is 0 Å². The predicted octanol–water partition coefficient (Wildman–Crippen LogP) is 3.82. The number of benzene rings is 2. The summed E-state index contributed by atoms with van der Waals surface area (Å²) in [6.07, 6.45) is 5.49. The van der Waals surface area contributed by atoms with Gasteiger partial charge in [0.1, 0.15) is 11.9 Å². The lowest BCUT2D eigenvalue weighted by atomic mass is 9.97. The molecule has 4 aromatic rings. The van der Waals surface area contributed by atoms with E-state index < -0.39 is 6.10 Å². The van der Waals surface area contributed by atoms with Crippen molar-refractivity contribution in [3.05, 3.63) is 95.4 Å². The Bertz CT molecular complexity index is 1260. The number of nitrogens with two attached hydrogens (primary N) is 1. The molecule has 2 aromatic heterocycles. The van der Waals surface area contributed by atoms with Crippen molar-refractivity contribution in [2.45, 2.75) is 12.5 Å². The number of fused-ring (bicyclic) bond motifs is 1. The minimum atomic E-state index is -0.666. The van der Waals surface area contributed by atoms with E-state index in [-0.39, 0.29) is 0 Å². The van der Waals surface area contributed by atoms with Crippen molar-refractivity contribution in [1.29, 1.82) is 0 Å². The van der Waals surface area contributed by atoms with Gasteiger partial charge >= 0.3 is 0 Å². The first-order valence-corrected chi connectivity index (χ1v) is 9.77. The van der Waals surface area contributed by atoms with E-state index >= 15 is 0 Å². The SMILES string of the molecule is Cn1cc(-c2cnc(N)c(C3=Nc4ccc(C(O)c5ccccc5)cc4C3)c2)cn1. The van der Waals surface area contributed by atoms with E-state index in [9.17, 15) is 5.11 Å². The summed E-state index contributed by atoms with van der Waals surface area (Å²) >= 11 is 0. The maximum absolute atomic E-state index is 10.7. The van der Waals surface area contributed by atoms with E-state index in [1.165, 1.54) is 0 Å². The number of aliphatic hydroxyl groups is 1. The van der Waals surface area contributed by atoms with Crippen LogP contribution in [0.4, 0.5) is 11.5 Å². The van der Waals surface area contributed by atoms with Gasteiger partial charge in [-0.25, -0.2) is 4.98 Å². The number of aliphatic imine (C=N–C) groups is 1. The molecule has 6 nitrogen and oxygen atoms in total. The molecule has 5 rings (SSSR count). The maximum Gasteiger partial charge on any atom is 0.132 e. The fraction of sp³-hybridized carbons (Fsp3) is 0.125. The number of pyridine rings is 1. The van der Waals surface area contributed by atoms with Crippen molar-refractivity contribution < 1.29 is 5.11 Å². The summed E-state index contributed by atoms with van der Waals surface area (Å²) in [6.45, 7) is 0. The highest BCUT2D eigenvalue weighted by molar-refractivity contribution is 6.09. The third-order valence-corrected chi connectivity index (χ3v) is 5.42. The normalized spacial score (nSPS) is 13.7. The minimum absolute atomic E-state index is 0.457. The van der Waals surface area contributed by atoms with Gasteiger partial charge in [0.2, 0.25) is 0 Å². The van der Waals surface area contributed by atoms with Crippen LogP contribution in [-0.2, 0) is 13.5 Å². The third kappa shape index (κ3) is 3.27. The Balaban J connectivity index is 1.45. The van der Waals surface area contributed by atoms with Crippen LogP contribution in [0.1, 0.15) is 28.4 Å². The van der Waals surface area contributed by atoms with Gasteiger partial charge in [0.15, 0.2) is 0 Å². The minimum Gasteiger partial charge on any atom is -0.384 e. The third-order valence-electron chi connectivity index (χ3n) is 5.42. The number of nitrogen functional groups attached to an aromatic ring is 1. The standard InChI is InChI=1S/C24H21N5O/c1-29-14-19(13-27-29)18-10-20(24(25)26-12-18)22-11-17-9-16(7-8-21(17)28-22)23(30)15-5-3-2-4-6-15/h2-10,12-14,23,30H,11H2,1H3,(H2,25,26). The Morgan fingerprint density at radius 3 is 2.60 bits per heavy atom. The number of hydrogen-bond donors (Lipinski definition) is 2. The summed E-state index contributed by atoms with van der Waals surface area (Å²) in [4.78, 5) is 9.17. The summed E-state index contributed by atoms with van der Waals surface area (Å²) in [5.41, 5.74) is 13.5. The summed E-state index contributed by atoms with van der Waals surface area (Å²) in [5, 5.41) is 15.0. The molecule has 1 atom stereocenters. The molecule has 0 saturated heterocycles. The first-order valence-electron chi connectivity index (χ1n) is 9.77. The molecule has 0 aliphatic carbocycles. The molecule has 148 valence electrons. The molecule has 1 unspecified atom stereocenters. The molecule has 0 radical (unpaired) electrons. The second-order valence-corrected chi connectivity index (χ2v) is 7.50. The highest BCUT2D eigenvalue weighted by Crippen LogP contribution is 2.34. The largest absolute Gasteiger partial charge is 0.384 e. The number of aliphatic hydroxyl groups excluding tert-OH is 1. The van der Waals surface area contributed by atoms with Crippen molar-refractivity contribution >= 4 is 17.2 Å². The molecule has 3 N–H and O–H groups in total. The molecule has 30 heavy (non-hydrogen) atoms. The molecule has 0 spiro atoms. The first-order chi connectivity index (χ1) is 14.6. The van der Waals surface area contributed by atoms with E-state index in [1.54, 1.807) is 17.1 Å². The van der Waals surface area contributed by atoms with E-state index in [2.05, 4.69) is 10.1 Å². The van der Waals surface area contributed by atoms with E-state index in [0.29, 0.717) is 12.2 Å². The summed E-state index contributed by atoms with van der Waals surface area (Å²) < 4.78 is 1.76. The van der Waals surface area contributed by atoms with Crippen LogP contribution in [0.2, 0.25) is 0 Å². The van der Waals surface area contributed by atoms with Crippen molar-refractivity contribution in [1.82, 2.24) is 14.8 Å². The Kier molecular flexibility index (Phi) is 4.41. The van der Waals surface area contributed by atoms with Crippen LogP contribution in [0.25, 0.3) is 11.1 Å². The zero-order valence-corrected chi connectivity index (χ0v) is 16.5. The van der Waals surface area contributed by atoms with Gasteiger partial charge in [0.05, 0.1) is 17.6 Å². The highest BCUT2D eigenvalue weighted by Gasteiger charge is 2.21. The summed E-state index contributed by atoms with van der Waals surface area (Å²) in [6, 6.07) is 17.6. The van der Waals surface area contributed by atoms with Gasteiger partial charge < -0.3 is 10.8 Å². The number of aromatic nitrogens is 3. The van der Waals surface area contributed by atoms with Gasteiger partial charge in [-0.15, -0.1) is 0 Å². The molecule has 0 saturated carbocycles. The van der Waals surface area contributed by atoms with E-state index in [0.717, 1.165) is 44.8 Å². The highest BCUT2D eigenvalue weighted by atomic mass is 16.3.